The Kier molecular flexibility index (Phi) is 4.17. The highest BCUT2D eigenvalue weighted by Gasteiger charge is 2.16. The summed E-state index contributed by atoms with van der Waals surface area (Å²) in [5, 5.41) is 13.0. The first-order valence-electron chi connectivity index (χ1n) is 4.64. The second-order valence-electron chi connectivity index (χ2n) is 3.43. The lowest BCUT2D eigenvalue weighted by atomic mass is 10.2. The molecule has 0 spiro atoms. The number of hydrogen-bond acceptors (Lipinski definition) is 4. The first-order chi connectivity index (χ1) is 7.91. The molecule has 0 fully saturated rings. The van der Waals surface area contributed by atoms with Gasteiger partial charge in [0, 0.05) is 12.6 Å². The summed E-state index contributed by atoms with van der Waals surface area (Å²) in [6, 6.07) is 1.09. The molecule has 0 radical (unpaired) electrons. The van der Waals surface area contributed by atoms with Crippen molar-refractivity contribution < 1.29 is 9.72 Å². The normalized spacial score (nSPS) is 9.76. The minimum Gasteiger partial charge on any atom is -0.348 e. The minimum atomic E-state index is -0.640. The average molecular weight is 256 g/mol. The number of nitrogens with zero attached hydrogens (tertiary/aromatic N) is 2. The van der Waals surface area contributed by atoms with Crippen LogP contribution < -0.4 is 5.32 Å². The van der Waals surface area contributed by atoms with E-state index in [1.165, 1.54) is 0 Å². The molecular formula is C10H10ClN3O3. The van der Waals surface area contributed by atoms with Crippen LogP contribution in [0.1, 0.15) is 17.3 Å². The molecule has 1 N–H and O–H groups in total. The van der Waals surface area contributed by atoms with E-state index < -0.39 is 10.8 Å². The Bertz CT molecular complexity index is 488. The summed E-state index contributed by atoms with van der Waals surface area (Å²) < 4.78 is 0. The van der Waals surface area contributed by atoms with Gasteiger partial charge in [-0.15, -0.1) is 0 Å². The maximum atomic E-state index is 11.6. The molecule has 1 amide bonds. The zero-order valence-corrected chi connectivity index (χ0v) is 9.82. The molecule has 1 aromatic heterocycles. The van der Waals surface area contributed by atoms with Crippen molar-refractivity contribution in [3.8, 4) is 0 Å². The monoisotopic (exact) mass is 255 g/mol. The lowest BCUT2D eigenvalue weighted by molar-refractivity contribution is -0.385. The van der Waals surface area contributed by atoms with Gasteiger partial charge in [-0.1, -0.05) is 23.8 Å². The van der Waals surface area contributed by atoms with Crippen molar-refractivity contribution in [3.05, 3.63) is 45.2 Å². The van der Waals surface area contributed by atoms with Gasteiger partial charge < -0.3 is 5.32 Å². The summed E-state index contributed by atoms with van der Waals surface area (Å²) in [6.45, 7) is 5.64. The molecule has 6 nitrogen and oxygen atoms in total. The molecule has 7 heteroatoms. The summed E-state index contributed by atoms with van der Waals surface area (Å²) >= 11 is 5.69. The van der Waals surface area contributed by atoms with Gasteiger partial charge in [0.2, 0.25) is 0 Å². The number of halogens is 1. The van der Waals surface area contributed by atoms with E-state index in [1.807, 2.05) is 0 Å². The third kappa shape index (κ3) is 3.53. The molecule has 0 aliphatic heterocycles. The van der Waals surface area contributed by atoms with Crippen LogP contribution >= 0.6 is 11.6 Å². The quantitative estimate of drug-likeness (QED) is 0.386. The van der Waals surface area contributed by atoms with Crippen LogP contribution in [0.15, 0.2) is 24.4 Å². The second-order valence-corrected chi connectivity index (χ2v) is 3.79. The first kappa shape index (κ1) is 13.1. The van der Waals surface area contributed by atoms with Crippen LogP contribution in [0.25, 0.3) is 0 Å². The maximum Gasteiger partial charge on any atom is 0.288 e. The van der Waals surface area contributed by atoms with Gasteiger partial charge in [-0.2, -0.15) is 0 Å². The Labute approximate surface area is 102 Å². The molecule has 0 atom stereocenters. The number of nitro groups is 1. The van der Waals surface area contributed by atoms with E-state index in [0.717, 1.165) is 17.8 Å². The molecule has 90 valence electrons. The number of rotatable bonds is 4. The van der Waals surface area contributed by atoms with Crippen molar-refractivity contribution in [2.45, 2.75) is 6.92 Å². The summed E-state index contributed by atoms with van der Waals surface area (Å²) in [6.07, 6.45) is 0.998. The lowest BCUT2D eigenvalue weighted by Gasteiger charge is -2.05. The number of carbonyl (C=O) groups excluding carboxylic acids is 1. The highest BCUT2D eigenvalue weighted by atomic mass is 35.5. The van der Waals surface area contributed by atoms with E-state index in [0.29, 0.717) is 0 Å². The van der Waals surface area contributed by atoms with Crippen molar-refractivity contribution >= 4 is 23.2 Å². The SMILES string of the molecule is C=C(C)CNC(=O)c1cc([N+](=O)[O-])cnc1Cl. The van der Waals surface area contributed by atoms with Crippen LogP contribution in [0.3, 0.4) is 0 Å². The maximum absolute atomic E-state index is 11.6. The molecular weight excluding hydrogens is 246 g/mol. The van der Waals surface area contributed by atoms with Gasteiger partial charge >= 0.3 is 0 Å². The van der Waals surface area contributed by atoms with Gasteiger partial charge in [0.25, 0.3) is 11.6 Å². The Morgan fingerprint density at radius 2 is 2.35 bits per heavy atom. The predicted molar refractivity (Wildman–Crippen MR) is 63.0 cm³/mol. The minimum absolute atomic E-state index is 0.0258. The van der Waals surface area contributed by atoms with E-state index in [9.17, 15) is 14.9 Å². The fraction of sp³-hybridized carbons (Fsp3) is 0.200. The van der Waals surface area contributed by atoms with E-state index in [2.05, 4.69) is 16.9 Å². The molecule has 1 heterocycles. The number of hydrogen-bond donors (Lipinski definition) is 1. The molecule has 0 saturated heterocycles. The molecule has 1 rings (SSSR count). The van der Waals surface area contributed by atoms with Crippen LogP contribution in [0.2, 0.25) is 5.15 Å². The highest BCUT2D eigenvalue weighted by molar-refractivity contribution is 6.32. The number of pyridine rings is 1. The molecule has 0 bridgehead atoms. The Balaban J connectivity index is 2.95. The number of amides is 1. The third-order valence-electron chi connectivity index (χ3n) is 1.83. The smallest absolute Gasteiger partial charge is 0.288 e. The van der Waals surface area contributed by atoms with Crippen LogP contribution in [-0.4, -0.2) is 22.4 Å². The van der Waals surface area contributed by atoms with Crippen molar-refractivity contribution in [2.24, 2.45) is 0 Å². The van der Waals surface area contributed by atoms with Gasteiger partial charge in [0.05, 0.1) is 10.5 Å². The number of aromatic nitrogens is 1. The zero-order chi connectivity index (χ0) is 13.0. The van der Waals surface area contributed by atoms with Crippen molar-refractivity contribution in [3.63, 3.8) is 0 Å². The van der Waals surface area contributed by atoms with E-state index in [1.54, 1.807) is 6.92 Å². The molecule has 0 aliphatic carbocycles. The fourth-order valence-corrected chi connectivity index (χ4v) is 1.21. The molecule has 17 heavy (non-hydrogen) atoms. The molecule has 0 unspecified atom stereocenters. The Morgan fingerprint density at radius 3 is 2.88 bits per heavy atom. The van der Waals surface area contributed by atoms with E-state index in [-0.39, 0.29) is 22.9 Å². The van der Waals surface area contributed by atoms with E-state index in [4.69, 9.17) is 11.6 Å². The zero-order valence-electron chi connectivity index (χ0n) is 9.07. The van der Waals surface area contributed by atoms with Crippen LogP contribution in [0, 0.1) is 10.1 Å². The van der Waals surface area contributed by atoms with Gasteiger partial charge in [-0.25, -0.2) is 4.98 Å². The van der Waals surface area contributed by atoms with Gasteiger partial charge in [0.15, 0.2) is 0 Å². The van der Waals surface area contributed by atoms with Crippen LogP contribution in [0.4, 0.5) is 5.69 Å². The standard InChI is InChI=1S/C10H10ClN3O3/c1-6(2)4-13-10(15)8-3-7(14(16)17)5-12-9(8)11/h3,5H,1,4H2,2H3,(H,13,15). The summed E-state index contributed by atoms with van der Waals surface area (Å²) in [7, 11) is 0. The van der Waals surface area contributed by atoms with Gasteiger partial charge in [-0.05, 0) is 6.92 Å². The predicted octanol–water partition coefficient (Wildman–Crippen LogP) is 1.95. The van der Waals surface area contributed by atoms with Crippen molar-refractivity contribution in [1.29, 1.82) is 0 Å². The Morgan fingerprint density at radius 1 is 1.71 bits per heavy atom. The molecule has 1 aromatic rings. The van der Waals surface area contributed by atoms with Crippen molar-refractivity contribution in [2.75, 3.05) is 6.54 Å². The number of carbonyl (C=O) groups is 1. The summed E-state index contributed by atoms with van der Waals surface area (Å²) in [5.41, 5.74) is 0.449. The van der Waals surface area contributed by atoms with Crippen LogP contribution in [-0.2, 0) is 0 Å². The lowest BCUT2D eigenvalue weighted by Crippen LogP contribution is -2.25. The summed E-state index contributed by atoms with van der Waals surface area (Å²) in [4.78, 5) is 25.1. The molecule has 0 saturated carbocycles. The molecule has 0 aliphatic rings. The average Bonchev–Trinajstić information content (AvgIpc) is 2.26. The third-order valence-corrected chi connectivity index (χ3v) is 2.13. The fourth-order valence-electron chi connectivity index (χ4n) is 1.02. The Hall–Kier alpha value is -1.95. The highest BCUT2D eigenvalue weighted by Crippen LogP contribution is 2.18. The van der Waals surface area contributed by atoms with Crippen molar-refractivity contribution in [1.82, 2.24) is 10.3 Å². The van der Waals surface area contributed by atoms with E-state index >= 15 is 0 Å². The van der Waals surface area contributed by atoms with Gasteiger partial charge in [0.1, 0.15) is 11.3 Å². The largest absolute Gasteiger partial charge is 0.348 e. The molecule has 0 aromatic carbocycles. The topological polar surface area (TPSA) is 85.1 Å². The van der Waals surface area contributed by atoms with Gasteiger partial charge in [-0.3, -0.25) is 14.9 Å². The second kappa shape index (κ2) is 5.40. The number of nitrogens with one attached hydrogen (secondary N) is 1. The first-order valence-corrected chi connectivity index (χ1v) is 5.02. The van der Waals surface area contributed by atoms with Crippen LogP contribution in [0.5, 0.6) is 0 Å². The summed E-state index contributed by atoms with van der Waals surface area (Å²) in [5.74, 6) is -0.519.